The van der Waals surface area contributed by atoms with Crippen molar-refractivity contribution in [1.29, 1.82) is 0 Å². The number of aliphatic carboxylic acids is 1. The van der Waals surface area contributed by atoms with Crippen molar-refractivity contribution in [2.24, 2.45) is 11.8 Å². The predicted molar refractivity (Wildman–Crippen MR) is 92.2 cm³/mol. The first-order valence-corrected chi connectivity index (χ1v) is 9.68. The maximum Gasteiger partial charge on any atom is 0.306 e. The number of amides is 1. The van der Waals surface area contributed by atoms with Gasteiger partial charge in [-0.2, -0.15) is 0 Å². The molecule has 0 aliphatic heterocycles. The van der Waals surface area contributed by atoms with Crippen LogP contribution < -0.4 is 5.32 Å². The van der Waals surface area contributed by atoms with Crippen LogP contribution in [0.3, 0.4) is 0 Å². The van der Waals surface area contributed by atoms with Crippen molar-refractivity contribution >= 4 is 21.9 Å². The van der Waals surface area contributed by atoms with Crippen molar-refractivity contribution in [2.45, 2.75) is 37.1 Å². The Balaban J connectivity index is 2.01. The molecule has 2 rings (SSSR count). The third-order valence-electron chi connectivity index (χ3n) is 4.63. The Morgan fingerprint density at radius 2 is 1.68 bits per heavy atom. The fourth-order valence-electron chi connectivity index (χ4n) is 3.03. The fourth-order valence-corrected chi connectivity index (χ4v) is 4.14. The van der Waals surface area contributed by atoms with E-state index >= 15 is 0 Å². The Hall–Kier alpha value is -1.93. The lowest BCUT2D eigenvalue weighted by Gasteiger charge is -2.25. The van der Waals surface area contributed by atoms with Crippen LogP contribution in [-0.2, 0) is 26.2 Å². The Labute approximate surface area is 148 Å². The summed E-state index contributed by atoms with van der Waals surface area (Å²) < 4.78 is 25.9. The van der Waals surface area contributed by atoms with E-state index in [2.05, 4.69) is 5.32 Å². The Kier molecular flexibility index (Phi) is 6.18. The van der Waals surface area contributed by atoms with Gasteiger partial charge in [-0.1, -0.05) is 18.2 Å². The lowest BCUT2D eigenvalue weighted by molar-refractivity contribution is -0.144. The zero-order valence-corrected chi connectivity index (χ0v) is 15.3. The van der Waals surface area contributed by atoms with E-state index < -0.39 is 16.0 Å². The average Bonchev–Trinajstić information content (AvgIpc) is 2.59. The number of rotatable bonds is 6. The monoisotopic (exact) mass is 368 g/mol. The van der Waals surface area contributed by atoms with E-state index in [0.717, 1.165) is 4.31 Å². The lowest BCUT2D eigenvalue weighted by atomic mass is 9.81. The zero-order valence-electron chi connectivity index (χ0n) is 14.4. The van der Waals surface area contributed by atoms with Gasteiger partial charge < -0.3 is 10.4 Å². The van der Waals surface area contributed by atoms with Crippen LogP contribution in [0, 0.1) is 11.8 Å². The summed E-state index contributed by atoms with van der Waals surface area (Å²) in [5, 5.41) is 11.8. The molecular formula is C17H24N2O5S. The normalized spacial score (nSPS) is 21.1. The molecule has 7 nitrogen and oxygen atoms in total. The summed E-state index contributed by atoms with van der Waals surface area (Å²) in [5.41, 5.74) is 0.531. The fraction of sp³-hybridized carbons (Fsp3) is 0.529. The smallest absolute Gasteiger partial charge is 0.306 e. The molecule has 1 aromatic carbocycles. The molecule has 1 aromatic rings. The van der Waals surface area contributed by atoms with E-state index in [4.69, 9.17) is 5.11 Å². The van der Waals surface area contributed by atoms with Crippen molar-refractivity contribution in [1.82, 2.24) is 9.62 Å². The number of carboxylic acids is 1. The first-order chi connectivity index (χ1) is 11.7. The SMILES string of the molecule is CN(C)S(=O)(=O)c1ccccc1CNC(=O)C1CCC(C(=O)O)CC1. The minimum atomic E-state index is -3.58. The standard InChI is InChI=1S/C17H24N2O5S/c1-19(2)25(23,24)15-6-4-3-5-14(15)11-18-16(20)12-7-9-13(10-8-12)17(21)22/h3-6,12-13H,7-11H2,1-2H3,(H,18,20)(H,21,22). The van der Waals surface area contributed by atoms with Gasteiger partial charge in [0.05, 0.1) is 10.8 Å². The van der Waals surface area contributed by atoms with Gasteiger partial charge in [0.25, 0.3) is 0 Å². The highest BCUT2D eigenvalue weighted by atomic mass is 32.2. The molecule has 1 aliphatic rings. The van der Waals surface area contributed by atoms with E-state index in [-0.39, 0.29) is 29.2 Å². The highest BCUT2D eigenvalue weighted by Crippen LogP contribution is 2.29. The van der Waals surface area contributed by atoms with Gasteiger partial charge in [-0.3, -0.25) is 9.59 Å². The highest BCUT2D eigenvalue weighted by molar-refractivity contribution is 7.89. The molecule has 2 N–H and O–H groups in total. The second-order valence-corrected chi connectivity index (χ2v) is 8.62. The Morgan fingerprint density at radius 3 is 2.24 bits per heavy atom. The largest absolute Gasteiger partial charge is 0.481 e. The van der Waals surface area contributed by atoms with Crippen LogP contribution in [0.1, 0.15) is 31.2 Å². The number of hydrogen-bond acceptors (Lipinski definition) is 4. The van der Waals surface area contributed by atoms with E-state index in [1.165, 1.54) is 20.2 Å². The molecule has 0 heterocycles. The minimum Gasteiger partial charge on any atom is -0.481 e. The van der Waals surface area contributed by atoms with Crippen LogP contribution in [0.4, 0.5) is 0 Å². The zero-order chi connectivity index (χ0) is 18.6. The number of carbonyl (C=O) groups is 2. The van der Waals surface area contributed by atoms with Crippen molar-refractivity contribution in [2.75, 3.05) is 14.1 Å². The number of nitrogens with one attached hydrogen (secondary N) is 1. The number of sulfonamides is 1. The van der Waals surface area contributed by atoms with Crippen molar-refractivity contribution in [3.05, 3.63) is 29.8 Å². The summed E-state index contributed by atoms with van der Waals surface area (Å²) >= 11 is 0. The third-order valence-corrected chi connectivity index (χ3v) is 6.55. The van der Waals surface area contributed by atoms with Gasteiger partial charge in [0, 0.05) is 26.6 Å². The molecule has 0 atom stereocenters. The van der Waals surface area contributed by atoms with E-state index in [0.29, 0.717) is 31.2 Å². The maximum absolute atomic E-state index is 12.4. The molecule has 1 amide bonds. The summed E-state index contributed by atoms with van der Waals surface area (Å²) in [7, 11) is -0.653. The molecule has 0 radical (unpaired) electrons. The van der Waals surface area contributed by atoms with Crippen LogP contribution in [-0.4, -0.2) is 43.8 Å². The molecule has 1 saturated carbocycles. The van der Waals surface area contributed by atoms with Crippen molar-refractivity contribution in [3.63, 3.8) is 0 Å². The van der Waals surface area contributed by atoms with Gasteiger partial charge in [0.15, 0.2) is 0 Å². The number of nitrogens with zero attached hydrogens (tertiary/aromatic N) is 1. The number of hydrogen-bond donors (Lipinski definition) is 2. The number of carbonyl (C=O) groups excluding carboxylic acids is 1. The number of benzene rings is 1. The molecule has 0 aromatic heterocycles. The van der Waals surface area contributed by atoms with Gasteiger partial charge >= 0.3 is 5.97 Å². The minimum absolute atomic E-state index is 0.126. The molecule has 138 valence electrons. The van der Waals surface area contributed by atoms with Crippen LogP contribution in [0.2, 0.25) is 0 Å². The van der Waals surface area contributed by atoms with Gasteiger partial charge in [0.1, 0.15) is 0 Å². The van der Waals surface area contributed by atoms with Gasteiger partial charge in [-0.05, 0) is 37.3 Å². The highest BCUT2D eigenvalue weighted by Gasteiger charge is 2.30. The Bertz CT molecular complexity index is 737. The summed E-state index contributed by atoms with van der Waals surface area (Å²) in [5.74, 6) is -1.54. The van der Waals surface area contributed by atoms with Crippen LogP contribution in [0.25, 0.3) is 0 Å². The quantitative estimate of drug-likeness (QED) is 0.791. The second-order valence-electron chi connectivity index (χ2n) is 6.50. The van der Waals surface area contributed by atoms with Crippen LogP contribution in [0.15, 0.2) is 29.2 Å². The van der Waals surface area contributed by atoms with Crippen molar-refractivity contribution in [3.8, 4) is 0 Å². The van der Waals surface area contributed by atoms with E-state index in [9.17, 15) is 18.0 Å². The second kappa shape index (κ2) is 7.97. The molecule has 0 spiro atoms. The van der Waals surface area contributed by atoms with Gasteiger partial charge in [0.2, 0.25) is 15.9 Å². The Morgan fingerprint density at radius 1 is 1.12 bits per heavy atom. The molecule has 1 fully saturated rings. The number of carboxylic acid groups (broad SMARTS) is 1. The van der Waals surface area contributed by atoms with Crippen LogP contribution in [0.5, 0.6) is 0 Å². The molecule has 0 bridgehead atoms. The lowest BCUT2D eigenvalue weighted by Crippen LogP contribution is -2.34. The summed E-state index contributed by atoms with van der Waals surface area (Å²) in [6.07, 6.45) is 2.08. The topological polar surface area (TPSA) is 104 Å². The average molecular weight is 368 g/mol. The molecule has 0 saturated heterocycles. The first kappa shape index (κ1) is 19.4. The summed E-state index contributed by atoms with van der Waals surface area (Å²) in [6.45, 7) is 0.126. The maximum atomic E-state index is 12.4. The molecule has 1 aliphatic carbocycles. The van der Waals surface area contributed by atoms with Crippen molar-refractivity contribution < 1.29 is 23.1 Å². The van der Waals surface area contributed by atoms with Crippen LogP contribution >= 0.6 is 0 Å². The molecule has 25 heavy (non-hydrogen) atoms. The first-order valence-electron chi connectivity index (χ1n) is 8.24. The summed E-state index contributed by atoms with van der Waals surface area (Å²) in [4.78, 5) is 23.5. The molecule has 0 unspecified atom stereocenters. The molecule has 8 heteroatoms. The summed E-state index contributed by atoms with van der Waals surface area (Å²) in [6, 6.07) is 6.58. The van der Waals surface area contributed by atoms with E-state index in [1.807, 2.05) is 0 Å². The third kappa shape index (κ3) is 4.58. The molecular weight excluding hydrogens is 344 g/mol. The predicted octanol–water partition coefficient (Wildman–Crippen LogP) is 1.44. The van der Waals surface area contributed by atoms with Gasteiger partial charge in [-0.25, -0.2) is 12.7 Å². The van der Waals surface area contributed by atoms with E-state index in [1.54, 1.807) is 18.2 Å². The van der Waals surface area contributed by atoms with Gasteiger partial charge in [-0.15, -0.1) is 0 Å².